The molecule has 0 atom stereocenters. The van der Waals surface area contributed by atoms with Gasteiger partial charge in [0.2, 0.25) is 5.95 Å². The molecule has 9 nitrogen and oxygen atoms in total. The summed E-state index contributed by atoms with van der Waals surface area (Å²) in [4.78, 5) is 12.4. The van der Waals surface area contributed by atoms with E-state index in [-0.39, 0.29) is 34.2 Å². The molecular formula is C24H31F3N8O. The summed E-state index contributed by atoms with van der Waals surface area (Å²) in [6, 6.07) is 3.12. The van der Waals surface area contributed by atoms with Crippen molar-refractivity contribution in [2.75, 3.05) is 11.5 Å². The van der Waals surface area contributed by atoms with E-state index >= 15 is 0 Å². The second-order valence-electron chi connectivity index (χ2n) is 9.69. The Hall–Kier alpha value is -3.41. The lowest BCUT2D eigenvalue weighted by molar-refractivity contribution is 0.000831. The Morgan fingerprint density at radius 1 is 1.11 bits per heavy atom. The normalized spacial score (nSPS) is 15.0. The van der Waals surface area contributed by atoms with Crippen molar-refractivity contribution < 1.29 is 18.3 Å². The Bertz CT molecular complexity index is 1370. The van der Waals surface area contributed by atoms with Gasteiger partial charge in [0.05, 0.1) is 29.6 Å². The molecule has 0 aliphatic heterocycles. The smallest absolute Gasteiger partial charge is 0.256 e. The molecule has 0 spiro atoms. The molecule has 0 aromatic carbocycles. The lowest BCUT2D eigenvalue weighted by Crippen LogP contribution is -2.32. The Kier molecular flexibility index (Phi) is 7.07. The Labute approximate surface area is 206 Å². The number of alkyl halides is 2. The van der Waals surface area contributed by atoms with E-state index in [9.17, 15) is 18.3 Å². The van der Waals surface area contributed by atoms with Gasteiger partial charge in [-0.25, -0.2) is 27.7 Å². The van der Waals surface area contributed by atoms with Crippen molar-refractivity contribution in [3.8, 4) is 11.3 Å². The van der Waals surface area contributed by atoms with Crippen LogP contribution in [-0.2, 0) is 6.54 Å². The topological polar surface area (TPSA) is 133 Å². The molecular weight excluding hydrogens is 473 g/mol. The molecule has 5 rings (SSSR count). The molecule has 1 fully saturated rings. The number of aryl methyl sites for hydroxylation is 1. The number of pyridine rings is 1. The van der Waals surface area contributed by atoms with E-state index in [1.807, 2.05) is 13.8 Å². The second kappa shape index (κ2) is 9.92. The van der Waals surface area contributed by atoms with Crippen LogP contribution in [-0.4, -0.2) is 46.3 Å². The second-order valence-corrected chi connectivity index (χ2v) is 9.69. The molecule has 0 unspecified atom stereocenters. The fourth-order valence-electron chi connectivity index (χ4n) is 4.76. The molecule has 4 aromatic heterocycles. The summed E-state index contributed by atoms with van der Waals surface area (Å²) < 4.78 is 42.7. The van der Waals surface area contributed by atoms with Gasteiger partial charge in [-0.1, -0.05) is 19.3 Å². The van der Waals surface area contributed by atoms with E-state index in [2.05, 4.69) is 20.1 Å². The van der Waals surface area contributed by atoms with Crippen LogP contribution >= 0.6 is 0 Å². The van der Waals surface area contributed by atoms with Gasteiger partial charge in [-0.2, -0.15) is 4.98 Å². The minimum atomic E-state index is -2.57. The monoisotopic (exact) mass is 504 g/mol. The summed E-state index contributed by atoms with van der Waals surface area (Å²) in [5.74, 6) is 0.185. The van der Waals surface area contributed by atoms with Crippen LogP contribution in [0.5, 0.6) is 0 Å². The number of hydrogen-bond acceptors (Lipinski definition) is 7. The molecule has 0 amide bonds. The molecule has 12 heteroatoms. The van der Waals surface area contributed by atoms with Crippen LogP contribution in [0.3, 0.4) is 0 Å². The Morgan fingerprint density at radius 2 is 1.81 bits per heavy atom. The largest absolute Gasteiger partial charge is 0.390 e. The molecule has 1 aliphatic rings. The van der Waals surface area contributed by atoms with Crippen molar-refractivity contribution in [1.82, 2.24) is 29.1 Å². The van der Waals surface area contributed by atoms with Crippen LogP contribution in [0.2, 0.25) is 0 Å². The van der Waals surface area contributed by atoms with Crippen molar-refractivity contribution in [2.45, 2.75) is 71.4 Å². The maximum Gasteiger partial charge on any atom is 0.256 e. The van der Waals surface area contributed by atoms with Crippen molar-refractivity contribution in [1.29, 1.82) is 0 Å². The van der Waals surface area contributed by atoms with Gasteiger partial charge >= 0.3 is 0 Å². The number of nitrogens with two attached hydrogens (primary N) is 2. The average molecular weight is 505 g/mol. The zero-order chi connectivity index (χ0) is 26.2. The highest BCUT2D eigenvalue weighted by Crippen LogP contribution is 2.33. The van der Waals surface area contributed by atoms with E-state index in [1.54, 1.807) is 13.0 Å². The molecule has 0 bridgehead atoms. The predicted octanol–water partition coefficient (Wildman–Crippen LogP) is 4.36. The number of aliphatic hydroxyl groups is 1. The molecule has 4 heterocycles. The first-order chi connectivity index (χ1) is 17.0. The first-order valence-corrected chi connectivity index (χ1v) is 11.9. The number of hydrogen-bond donors (Lipinski definition) is 3. The summed E-state index contributed by atoms with van der Waals surface area (Å²) >= 11 is 0. The number of nitrogen functional groups attached to an aromatic ring is 2. The highest BCUT2D eigenvalue weighted by molar-refractivity contribution is 5.88. The van der Waals surface area contributed by atoms with Gasteiger partial charge in [-0.3, -0.25) is 0 Å². The summed E-state index contributed by atoms with van der Waals surface area (Å²) in [7, 11) is 0. The Balaban J connectivity index is 0.000000256. The first kappa shape index (κ1) is 25.7. The number of nitrogens with zero attached hydrogens (tertiary/aromatic N) is 6. The third-order valence-corrected chi connectivity index (χ3v) is 6.59. The SMILES string of the molecule is CC(C)(O)C1CCCCC1.Cc1nc2ccc(-c3c(F)cn4nc(N)nc(N)c34)nc2n1CC(F)F. The highest BCUT2D eigenvalue weighted by atomic mass is 19.3. The zero-order valence-corrected chi connectivity index (χ0v) is 20.5. The standard InChI is InChI=1S/C15H13F3N8.C9H18O/c1-6-21-9-3-2-8(22-14(9)25(6)5-10(17)18)11-7(16)4-26-12(11)13(19)23-15(20)24-26;1-9(2,10)8-6-4-3-5-7-8/h2-4,10H,5H2,1H3,(H4,19,20,23,24);8,10H,3-7H2,1-2H3. The molecule has 1 aliphatic carbocycles. The zero-order valence-electron chi connectivity index (χ0n) is 20.5. The maximum atomic E-state index is 14.6. The van der Waals surface area contributed by atoms with Crippen LogP contribution in [0.4, 0.5) is 24.9 Å². The van der Waals surface area contributed by atoms with Crippen LogP contribution in [0, 0.1) is 18.7 Å². The van der Waals surface area contributed by atoms with E-state index < -0.39 is 24.4 Å². The van der Waals surface area contributed by atoms with E-state index in [0.717, 1.165) is 6.20 Å². The summed E-state index contributed by atoms with van der Waals surface area (Å²) in [6.45, 7) is 4.91. The number of aromatic nitrogens is 6. The quantitative estimate of drug-likeness (QED) is 0.376. The van der Waals surface area contributed by atoms with Gasteiger partial charge in [0.15, 0.2) is 17.3 Å². The van der Waals surface area contributed by atoms with E-state index in [1.165, 1.54) is 47.3 Å². The van der Waals surface area contributed by atoms with Crippen molar-refractivity contribution >= 4 is 28.4 Å². The molecule has 4 aromatic rings. The first-order valence-electron chi connectivity index (χ1n) is 11.9. The minimum absolute atomic E-state index is 0.0180. The van der Waals surface area contributed by atoms with Gasteiger partial charge in [-0.15, -0.1) is 5.10 Å². The van der Waals surface area contributed by atoms with Crippen LogP contribution in [0.15, 0.2) is 18.3 Å². The van der Waals surface area contributed by atoms with Crippen LogP contribution < -0.4 is 11.5 Å². The van der Waals surface area contributed by atoms with Gasteiger partial charge in [-0.05, 0) is 51.7 Å². The van der Waals surface area contributed by atoms with Gasteiger partial charge < -0.3 is 21.1 Å². The van der Waals surface area contributed by atoms with Crippen LogP contribution in [0.1, 0.15) is 51.8 Å². The summed E-state index contributed by atoms with van der Waals surface area (Å²) in [6.07, 6.45) is 4.98. The van der Waals surface area contributed by atoms with Crippen molar-refractivity contribution in [3.05, 3.63) is 30.0 Å². The summed E-state index contributed by atoms with van der Waals surface area (Å²) in [5.41, 5.74) is 12.1. The fraction of sp³-hybridized carbons (Fsp3) is 0.500. The number of imidazole rings is 1. The number of rotatable bonds is 4. The van der Waals surface area contributed by atoms with Gasteiger partial charge in [0, 0.05) is 0 Å². The molecule has 36 heavy (non-hydrogen) atoms. The van der Waals surface area contributed by atoms with E-state index in [4.69, 9.17) is 11.5 Å². The van der Waals surface area contributed by atoms with Crippen molar-refractivity contribution in [3.63, 3.8) is 0 Å². The molecule has 0 radical (unpaired) electrons. The Morgan fingerprint density at radius 3 is 2.42 bits per heavy atom. The predicted molar refractivity (Wildman–Crippen MR) is 132 cm³/mol. The lowest BCUT2D eigenvalue weighted by atomic mass is 9.79. The highest BCUT2D eigenvalue weighted by Gasteiger charge is 2.27. The van der Waals surface area contributed by atoms with Gasteiger partial charge in [0.25, 0.3) is 6.43 Å². The lowest BCUT2D eigenvalue weighted by Gasteiger charge is -2.32. The molecule has 5 N–H and O–H groups in total. The summed E-state index contributed by atoms with van der Waals surface area (Å²) in [5, 5.41) is 13.5. The maximum absolute atomic E-state index is 14.6. The minimum Gasteiger partial charge on any atom is -0.390 e. The number of anilines is 2. The third-order valence-electron chi connectivity index (χ3n) is 6.59. The molecule has 0 saturated heterocycles. The third kappa shape index (κ3) is 5.23. The number of fused-ring (bicyclic) bond motifs is 2. The molecule has 1 saturated carbocycles. The van der Waals surface area contributed by atoms with Gasteiger partial charge in [0.1, 0.15) is 16.9 Å². The fourth-order valence-corrected chi connectivity index (χ4v) is 4.76. The van der Waals surface area contributed by atoms with Crippen LogP contribution in [0.25, 0.3) is 27.9 Å². The van der Waals surface area contributed by atoms with Crippen molar-refractivity contribution in [2.24, 2.45) is 5.92 Å². The molecule has 194 valence electrons. The van der Waals surface area contributed by atoms with E-state index in [0.29, 0.717) is 17.3 Å². The number of halogens is 3. The average Bonchev–Trinajstić information content (AvgIpc) is 3.29.